The van der Waals surface area contributed by atoms with Crippen LogP contribution in [0.15, 0.2) is 36.2 Å². The zero-order valence-corrected chi connectivity index (χ0v) is 18.3. The Balaban J connectivity index is 1.61. The van der Waals surface area contributed by atoms with Gasteiger partial charge in [-0.25, -0.2) is 9.78 Å². The minimum Gasteiger partial charge on any atom is -0.366 e. The number of amides is 3. The molecule has 1 saturated carbocycles. The van der Waals surface area contributed by atoms with Crippen LogP contribution in [-0.2, 0) is 4.79 Å². The van der Waals surface area contributed by atoms with Crippen molar-refractivity contribution in [3.63, 3.8) is 0 Å². The van der Waals surface area contributed by atoms with Gasteiger partial charge in [-0.3, -0.25) is 10.1 Å². The minimum absolute atomic E-state index is 0.0968. The van der Waals surface area contributed by atoms with E-state index in [1.807, 2.05) is 25.1 Å². The van der Waals surface area contributed by atoms with E-state index in [0.29, 0.717) is 33.4 Å². The maximum Gasteiger partial charge on any atom is 0.326 e. The Labute approximate surface area is 193 Å². The number of benzene rings is 1. The van der Waals surface area contributed by atoms with E-state index in [4.69, 9.17) is 11.6 Å². The first kappa shape index (κ1) is 20.8. The SMILES string of the molecule is C[C@H](Nc1nc2c(/C=C3\NC(=O)NC3=O)cnn2c(NC2CC2)c1C#N)c1cccc(Cl)c1. The number of nitrogens with zero attached hydrogens (tertiary/aromatic N) is 4. The molecule has 3 amide bonds. The lowest BCUT2D eigenvalue weighted by atomic mass is 10.1. The second-order valence-corrected chi connectivity index (χ2v) is 8.37. The molecule has 0 radical (unpaired) electrons. The summed E-state index contributed by atoms with van der Waals surface area (Å²) in [6.07, 6.45) is 5.05. The summed E-state index contributed by atoms with van der Waals surface area (Å²) in [5, 5.41) is 26.3. The highest BCUT2D eigenvalue weighted by atomic mass is 35.5. The van der Waals surface area contributed by atoms with Gasteiger partial charge in [0.05, 0.1) is 12.2 Å². The minimum atomic E-state index is -0.587. The molecular weight excluding hydrogens is 444 g/mol. The number of halogens is 1. The normalized spacial score (nSPS) is 17.5. The van der Waals surface area contributed by atoms with Gasteiger partial charge >= 0.3 is 6.03 Å². The molecule has 1 aliphatic carbocycles. The first-order valence-corrected chi connectivity index (χ1v) is 10.7. The van der Waals surface area contributed by atoms with Gasteiger partial charge in [-0.2, -0.15) is 14.9 Å². The molecule has 5 rings (SSSR count). The van der Waals surface area contributed by atoms with Gasteiger partial charge in [-0.15, -0.1) is 0 Å². The highest BCUT2D eigenvalue weighted by Gasteiger charge is 2.28. The van der Waals surface area contributed by atoms with Crippen LogP contribution in [0.25, 0.3) is 11.7 Å². The molecule has 3 aromatic rings. The van der Waals surface area contributed by atoms with Crippen LogP contribution in [0.2, 0.25) is 5.02 Å². The second kappa shape index (κ2) is 8.11. The molecule has 3 heterocycles. The predicted molar refractivity (Wildman–Crippen MR) is 122 cm³/mol. The van der Waals surface area contributed by atoms with Crippen LogP contribution in [0, 0.1) is 11.3 Å². The Morgan fingerprint density at radius 2 is 2.15 bits per heavy atom. The third-order valence-electron chi connectivity index (χ3n) is 5.43. The number of nitrogens with one attached hydrogen (secondary N) is 4. The Kier molecular flexibility index (Phi) is 5.11. The highest BCUT2D eigenvalue weighted by molar-refractivity contribution is 6.30. The number of fused-ring (bicyclic) bond motifs is 1. The molecule has 166 valence electrons. The van der Waals surface area contributed by atoms with Crippen molar-refractivity contribution in [1.29, 1.82) is 5.26 Å². The van der Waals surface area contributed by atoms with Gasteiger partial charge < -0.3 is 16.0 Å². The van der Waals surface area contributed by atoms with Crippen LogP contribution < -0.4 is 21.3 Å². The highest BCUT2D eigenvalue weighted by Crippen LogP contribution is 2.32. The van der Waals surface area contributed by atoms with E-state index in [1.54, 1.807) is 10.6 Å². The fourth-order valence-electron chi connectivity index (χ4n) is 3.58. The molecule has 2 aliphatic rings. The van der Waals surface area contributed by atoms with Crippen molar-refractivity contribution in [3.8, 4) is 6.07 Å². The molecule has 10 nitrogen and oxygen atoms in total. The van der Waals surface area contributed by atoms with Crippen LogP contribution in [-0.4, -0.2) is 32.6 Å². The molecule has 1 aromatic carbocycles. The molecule has 0 unspecified atom stereocenters. The van der Waals surface area contributed by atoms with E-state index in [2.05, 4.69) is 37.4 Å². The van der Waals surface area contributed by atoms with Gasteiger partial charge in [-0.1, -0.05) is 23.7 Å². The van der Waals surface area contributed by atoms with Crippen molar-refractivity contribution in [2.24, 2.45) is 0 Å². The van der Waals surface area contributed by atoms with Gasteiger partial charge in [-0.05, 0) is 43.5 Å². The second-order valence-electron chi connectivity index (χ2n) is 7.94. The molecule has 0 spiro atoms. The van der Waals surface area contributed by atoms with Gasteiger partial charge in [0.1, 0.15) is 17.3 Å². The van der Waals surface area contributed by atoms with E-state index >= 15 is 0 Å². The Morgan fingerprint density at radius 3 is 2.82 bits per heavy atom. The monoisotopic (exact) mass is 462 g/mol. The van der Waals surface area contributed by atoms with Crippen LogP contribution in [0.5, 0.6) is 0 Å². The van der Waals surface area contributed by atoms with E-state index in [1.165, 1.54) is 12.3 Å². The van der Waals surface area contributed by atoms with Crippen molar-refractivity contribution in [2.75, 3.05) is 10.6 Å². The summed E-state index contributed by atoms with van der Waals surface area (Å²) in [5.41, 5.74) is 2.31. The third kappa shape index (κ3) is 4.06. The molecule has 1 atom stereocenters. The lowest BCUT2D eigenvalue weighted by Gasteiger charge is -2.19. The summed E-state index contributed by atoms with van der Waals surface area (Å²) < 4.78 is 1.55. The lowest BCUT2D eigenvalue weighted by Crippen LogP contribution is -2.22. The van der Waals surface area contributed by atoms with Crippen LogP contribution >= 0.6 is 11.6 Å². The first-order valence-electron chi connectivity index (χ1n) is 10.4. The van der Waals surface area contributed by atoms with E-state index in [9.17, 15) is 14.9 Å². The van der Waals surface area contributed by atoms with E-state index < -0.39 is 11.9 Å². The summed E-state index contributed by atoms with van der Waals surface area (Å²) in [4.78, 5) is 28.1. The summed E-state index contributed by atoms with van der Waals surface area (Å²) in [6, 6.07) is 9.17. The fraction of sp³-hybridized carbons (Fsp3) is 0.227. The van der Waals surface area contributed by atoms with Crippen molar-refractivity contribution in [1.82, 2.24) is 25.2 Å². The Hall–Kier alpha value is -4.10. The lowest BCUT2D eigenvalue weighted by molar-refractivity contribution is -0.115. The Bertz CT molecular complexity index is 1370. The number of nitriles is 1. The standard InChI is InChI=1S/C22H19ClN8O2/c1-11(12-3-2-4-14(23)7-12)26-18-16(9-24)20(27-15-5-6-15)31-19(29-18)13(10-25-31)8-17-21(32)30-22(33)28-17/h2-4,7-8,10-11,15,27H,5-6H2,1H3,(H,26,29)(H2,28,30,32,33)/b17-8-/t11-/m0/s1. The molecule has 0 bridgehead atoms. The average Bonchev–Trinajstić information content (AvgIpc) is 3.43. The van der Waals surface area contributed by atoms with Crippen LogP contribution in [0.1, 0.15) is 42.5 Å². The number of hydrogen-bond acceptors (Lipinski definition) is 7. The summed E-state index contributed by atoms with van der Waals surface area (Å²) in [5.74, 6) is 0.369. The van der Waals surface area contributed by atoms with Crippen molar-refractivity contribution >= 4 is 46.9 Å². The van der Waals surface area contributed by atoms with Gasteiger partial charge in [0.15, 0.2) is 17.3 Å². The quantitative estimate of drug-likeness (QED) is 0.326. The molecule has 1 aliphatic heterocycles. The van der Waals surface area contributed by atoms with Crippen LogP contribution in [0.4, 0.5) is 16.4 Å². The van der Waals surface area contributed by atoms with Gasteiger partial charge in [0.25, 0.3) is 5.91 Å². The number of imide groups is 1. The number of aromatic nitrogens is 3. The number of anilines is 2. The zero-order chi connectivity index (χ0) is 23.1. The molecule has 2 fully saturated rings. The maximum atomic E-state index is 12.0. The average molecular weight is 463 g/mol. The number of hydrogen-bond donors (Lipinski definition) is 4. The molecular formula is C22H19ClN8O2. The number of rotatable bonds is 6. The van der Waals surface area contributed by atoms with Gasteiger partial charge in [0.2, 0.25) is 0 Å². The summed E-state index contributed by atoms with van der Waals surface area (Å²) in [6.45, 7) is 1.95. The van der Waals surface area contributed by atoms with Crippen molar-refractivity contribution in [2.45, 2.75) is 31.8 Å². The van der Waals surface area contributed by atoms with Crippen LogP contribution in [0.3, 0.4) is 0 Å². The molecule has 33 heavy (non-hydrogen) atoms. The largest absolute Gasteiger partial charge is 0.366 e. The fourth-order valence-corrected chi connectivity index (χ4v) is 3.78. The topological polar surface area (TPSA) is 136 Å². The number of carbonyl (C=O) groups excluding carboxylic acids is 2. The number of urea groups is 1. The molecule has 2 aromatic heterocycles. The number of carbonyl (C=O) groups is 2. The summed E-state index contributed by atoms with van der Waals surface area (Å²) in [7, 11) is 0. The maximum absolute atomic E-state index is 12.0. The first-order chi connectivity index (χ1) is 15.9. The molecule has 4 N–H and O–H groups in total. The molecule has 11 heteroatoms. The van der Waals surface area contributed by atoms with Gasteiger partial charge in [0, 0.05) is 16.6 Å². The smallest absolute Gasteiger partial charge is 0.326 e. The zero-order valence-electron chi connectivity index (χ0n) is 17.5. The summed E-state index contributed by atoms with van der Waals surface area (Å²) >= 11 is 6.14. The van der Waals surface area contributed by atoms with E-state index in [-0.39, 0.29) is 17.8 Å². The van der Waals surface area contributed by atoms with E-state index in [0.717, 1.165) is 18.4 Å². The van der Waals surface area contributed by atoms with Crippen molar-refractivity contribution in [3.05, 3.63) is 57.9 Å². The predicted octanol–water partition coefficient (Wildman–Crippen LogP) is 3.18. The Morgan fingerprint density at radius 1 is 1.33 bits per heavy atom. The third-order valence-corrected chi connectivity index (χ3v) is 5.66. The molecule has 1 saturated heterocycles. The van der Waals surface area contributed by atoms with Crippen molar-refractivity contribution < 1.29 is 9.59 Å².